The monoisotopic (exact) mass is 369 g/mol. The molecule has 0 bridgehead atoms. The SMILES string of the molecule is CCCCCCCOc1cccc(NC(=O)c2ccc(OCCC)cc2)c1. The molecule has 4 heteroatoms. The zero-order valence-corrected chi connectivity index (χ0v) is 16.5. The van der Waals surface area contributed by atoms with Gasteiger partial charge in [-0.05, 0) is 49.2 Å². The van der Waals surface area contributed by atoms with Crippen molar-refractivity contribution in [2.24, 2.45) is 0 Å². The maximum Gasteiger partial charge on any atom is 0.255 e. The van der Waals surface area contributed by atoms with Crippen LogP contribution < -0.4 is 14.8 Å². The summed E-state index contributed by atoms with van der Waals surface area (Å²) in [4.78, 5) is 12.4. The summed E-state index contributed by atoms with van der Waals surface area (Å²) in [5.41, 5.74) is 1.33. The highest BCUT2D eigenvalue weighted by molar-refractivity contribution is 6.04. The number of amides is 1. The van der Waals surface area contributed by atoms with E-state index in [9.17, 15) is 4.79 Å². The van der Waals surface area contributed by atoms with E-state index in [0.29, 0.717) is 18.8 Å². The first-order chi connectivity index (χ1) is 13.2. The maximum atomic E-state index is 12.4. The second kappa shape index (κ2) is 12.0. The first-order valence-electron chi connectivity index (χ1n) is 10.00. The third-order valence-electron chi connectivity index (χ3n) is 4.20. The van der Waals surface area contributed by atoms with Gasteiger partial charge in [-0.2, -0.15) is 0 Å². The average Bonchev–Trinajstić information content (AvgIpc) is 2.69. The molecule has 27 heavy (non-hydrogen) atoms. The zero-order chi connectivity index (χ0) is 19.3. The van der Waals surface area contributed by atoms with E-state index in [4.69, 9.17) is 9.47 Å². The van der Waals surface area contributed by atoms with Gasteiger partial charge in [-0.15, -0.1) is 0 Å². The van der Waals surface area contributed by atoms with E-state index in [-0.39, 0.29) is 5.91 Å². The van der Waals surface area contributed by atoms with Crippen molar-refractivity contribution < 1.29 is 14.3 Å². The molecule has 0 saturated heterocycles. The zero-order valence-electron chi connectivity index (χ0n) is 16.5. The molecule has 0 heterocycles. The van der Waals surface area contributed by atoms with E-state index in [1.807, 2.05) is 36.4 Å². The van der Waals surface area contributed by atoms with Crippen LogP contribution in [0.5, 0.6) is 11.5 Å². The van der Waals surface area contributed by atoms with Gasteiger partial charge in [0.25, 0.3) is 5.91 Å². The van der Waals surface area contributed by atoms with Crippen molar-refractivity contribution in [2.75, 3.05) is 18.5 Å². The average molecular weight is 370 g/mol. The Morgan fingerprint density at radius 2 is 1.56 bits per heavy atom. The van der Waals surface area contributed by atoms with Crippen LogP contribution in [0.4, 0.5) is 5.69 Å². The normalized spacial score (nSPS) is 10.4. The molecule has 0 spiro atoms. The molecule has 0 radical (unpaired) electrons. The molecule has 0 unspecified atom stereocenters. The number of unbranched alkanes of at least 4 members (excludes halogenated alkanes) is 4. The van der Waals surface area contributed by atoms with E-state index < -0.39 is 0 Å². The second-order valence-corrected chi connectivity index (χ2v) is 6.62. The minimum absolute atomic E-state index is 0.145. The van der Waals surface area contributed by atoms with Gasteiger partial charge in [0.15, 0.2) is 0 Å². The Balaban J connectivity index is 1.83. The molecule has 2 aromatic rings. The number of benzene rings is 2. The van der Waals surface area contributed by atoms with Crippen LogP contribution in [-0.4, -0.2) is 19.1 Å². The van der Waals surface area contributed by atoms with Crippen molar-refractivity contribution in [1.29, 1.82) is 0 Å². The molecule has 0 aliphatic heterocycles. The molecule has 1 amide bonds. The molecule has 1 N–H and O–H groups in total. The molecular weight excluding hydrogens is 338 g/mol. The Bertz CT molecular complexity index is 682. The Morgan fingerprint density at radius 1 is 0.815 bits per heavy atom. The Labute approximate surface area is 162 Å². The number of hydrogen-bond donors (Lipinski definition) is 1. The van der Waals surface area contributed by atoms with Gasteiger partial charge in [0, 0.05) is 17.3 Å². The van der Waals surface area contributed by atoms with Gasteiger partial charge in [-0.25, -0.2) is 0 Å². The molecule has 2 aromatic carbocycles. The van der Waals surface area contributed by atoms with Gasteiger partial charge >= 0.3 is 0 Å². The molecule has 0 saturated carbocycles. The first kappa shape index (κ1) is 20.8. The van der Waals surface area contributed by atoms with Crippen LogP contribution in [0.1, 0.15) is 62.7 Å². The number of hydrogen-bond acceptors (Lipinski definition) is 3. The lowest BCUT2D eigenvalue weighted by Gasteiger charge is -2.10. The molecule has 0 aliphatic rings. The summed E-state index contributed by atoms with van der Waals surface area (Å²) in [6.07, 6.45) is 7.01. The Hall–Kier alpha value is -2.49. The van der Waals surface area contributed by atoms with Crippen LogP contribution in [0.2, 0.25) is 0 Å². The van der Waals surface area contributed by atoms with Gasteiger partial charge in [-0.1, -0.05) is 45.6 Å². The third-order valence-corrected chi connectivity index (χ3v) is 4.20. The van der Waals surface area contributed by atoms with Crippen molar-refractivity contribution in [3.8, 4) is 11.5 Å². The highest BCUT2D eigenvalue weighted by Gasteiger charge is 2.07. The lowest BCUT2D eigenvalue weighted by molar-refractivity contribution is 0.102. The van der Waals surface area contributed by atoms with Gasteiger partial charge in [0.05, 0.1) is 13.2 Å². The fourth-order valence-electron chi connectivity index (χ4n) is 2.68. The van der Waals surface area contributed by atoms with Gasteiger partial charge < -0.3 is 14.8 Å². The molecule has 0 aliphatic carbocycles. The Kier molecular flexibility index (Phi) is 9.25. The summed E-state index contributed by atoms with van der Waals surface area (Å²) in [6, 6.07) is 14.7. The molecule has 4 nitrogen and oxygen atoms in total. The topological polar surface area (TPSA) is 47.6 Å². The molecule has 0 fully saturated rings. The summed E-state index contributed by atoms with van der Waals surface area (Å²) in [6.45, 7) is 5.66. The summed E-state index contributed by atoms with van der Waals surface area (Å²) < 4.78 is 11.3. The van der Waals surface area contributed by atoms with Crippen LogP contribution in [0.15, 0.2) is 48.5 Å². The van der Waals surface area contributed by atoms with Crippen molar-refractivity contribution >= 4 is 11.6 Å². The summed E-state index contributed by atoms with van der Waals surface area (Å²) in [5, 5.41) is 2.92. The number of carbonyl (C=O) groups is 1. The quantitative estimate of drug-likeness (QED) is 0.461. The number of carbonyl (C=O) groups excluding carboxylic acids is 1. The minimum Gasteiger partial charge on any atom is -0.494 e. The highest BCUT2D eigenvalue weighted by atomic mass is 16.5. The van der Waals surface area contributed by atoms with Crippen LogP contribution in [-0.2, 0) is 0 Å². The second-order valence-electron chi connectivity index (χ2n) is 6.62. The predicted octanol–water partition coefficient (Wildman–Crippen LogP) is 6.08. The van der Waals surface area contributed by atoms with Crippen LogP contribution in [0.3, 0.4) is 0 Å². The van der Waals surface area contributed by atoms with E-state index in [1.54, 1.807) is 12.1 Å². The molecule has 2 rings (SSSR count). The lowest BCUT2D eigenvalue weighted by atomic mass is 10.2. The summed E-state index contributed by atoms with van der Waals surface area (Å²) in [5.74, 6) is 1.42. The van der Waals surface area contributed by atoms with Crippen molar-refractivity contribution in [1.82, 2.24) is 0 Å². The fourth-order valence-corrected chi connectivity index (χ4v) is 2.68. The van der Waals surface area contributed by atoms with Crippen molar-refractivity contribution in [3.05, 3.63) is 54.1 Å². The van der Waals surface area contributed by atoms with Crippen molar-refractivity contribution in [2.45, 2.75) is 52.4 Å². The first-order valence-corrected chi connectivity index (χ1v) is 10.00. The van der Waals surface area contributed by atoms with Crippen LogP contribution in [0, 0.1) is 0 Å². The fraction of sp³-hybridized carbons (Fsp3) is 0.435. The molecular formula is C23H31NO3. The highest BCUT2D eigenvalue weighted by Crippen LogP contribution is 2.19. The number of ether oxygens (including phenoxy) is 2. The van der Waals surface area contributed by atoms with Crippen molar-refractivity contribution in [3.63, 3.8) is 0 Å². The van der Waals surface area contributed by atoms with E-state index in [1.165, 1.54) is 25.7 Å². The van der Waals surface area contributed by atoms with Gasteiger partial charge in [0.2, 0.25) is 0 Å². The van der Waals surface area contributed by atoms with Gasteiger partial charge in [0.1, 0.15) is 11.5 Å². The van der Waals surface area contributed by atoms with E-state index in [2.05, 4.69) is 19.2 Å². The summed E-state index contributed by atoms with van der Waals surface area (Å²) >= 11 is 0. The number of nitrogens with one attached hydrogen (secondary N) is 1. The summed E-state index contributed by atoms with van der Waals surface area (Å²) in [7, 11) is 0. The van der Waals surface area contributed by atoms with Gasteiger partial charge in [-0.3, -0.25) is 4.79 Å². The van der Waals surface area contributed by atoms with E-state index in [0.717, 1.165) is 30.0 Å². The molecule has 0 atom stereocenters. The maximum absolute atomic E-state index is 12.4. The van der Waals surface area contributed by atoms with Crippen LogP contribution in [0.25, 0.3) is 0 Å². The van der Waals surface area contributed by atoms with E-state index >= 15 is 0 Å². The standard InChI is InChI=1S/C23H31NO3/c1-3-5-6-7-8-17-27-22-11-9-10-20(18-22)24-23(25)19-12-14-21(15-13-19)26-16-4-2/h9-15,18H,3-8,16-17H2,1-2H3,(H,24,25). The predicted molar refractivity (Wildman–Crippen MR) is 111 cm³/mol. The largest absolute Gasteiger partial charge is 0.494 e. The lowest BCUT2D eigenvalue weighted by Crippen LogP contribution is -2.12. The Morgan fingerprint density at radius 3 is 2.30 bits per heavy atom. The molecule has 0 aromatic heterocycles. The minimum atomic E-state index is -0.145. The third kappa shape index (κ3) is 7.73. The number of anilines is 1. The number of rotatable bonds is 12. The smallest absolute Gasteiger partial charge is 0.255 e. The molecule has 146 valence electrons. The van der Waals surface area contributed by atoms with Crippen LogP contribution >= 0.6 is 0 Å².